The molecule has 3 nitrogen and oxygen atoms in total. The number of carbonyl (C=O) groups is 1. The van der Waals surface area contributed by atoms with E-state index >= 15 is 0 Å². The van der Waals surface area contributed by atoms with Crippen LogP contribution in [0, 0.1) is 0 Å². The summed E-state index contributed by atoms with van der Waals surface area (Å²) in [5.41, 5.74) is 3.58. The molecule has 0 fully saturated rings. The Morgan fingerprint density at radius 1 is 0.952 bits per heavy atom. The van der Waals surface area contributed by atoms with E-state index in [4.69, 9.17) is 9.84 Å². The number of unbranched alkanes of at least 4 members (excludes halogenated alkanes) is 1. The molecule has 2 aromatic rings. The van der Waals surface area contributed by atoms with Crippen molar-refractivity contribution in [2.45, 2.75) is 25.7 Å². The first-order chi connectivity index (χ1) is 10.2. The van der Waals surface area contributed by atoms with Crippen molar-refractivity contribution in [2.24, 2.45) is 0 Å². The molecular formula is C18H20O3. The van der Waals surface area contributed by atoms with Crippen molar-refractivity contribution in [1.29, 1.82) is 0 Å². The summed E-state index contributed by atoms with van der Waals surface area (Å²) in [6.45, 7) is 0. The van der Waals surface area contributed by atoms with Gasteiger partial charge in [0.15, 0.2) is 0 Å². The third kappa shape index (κ3) is 4.63. The van der Waals surface area contributed by atoms with Crippen LogP contribution in [0.25, 0.3) is 11.1 Å². The van der Waals surface area contributed by atoms with Gasteiger partial charge in [0.25, 0.3) is 0 Å². The van der Waals surface area contributed by atoms with Gasteiger partial charge in [0, 0.05) is 6.42 Å². The van der Waals surface area contributed by atoms with Gasteiger partial charge in [0.05, 0.1) is 7.11 Å². The third-order valence-corrected chi connectivity index (χ3v) is 3.48. The van der Waals surface area contributed by atoms with E-state index in [0.717, 1.165) is 30.6 Å². The Hall–Kier alpha value is -2.29. The number of rotatable bonds is 7. The zero-order valence-corrected chi connectivity index (χ0v) is 12.2. The zero-order valence-electron chi connectivity index (χ0n) is 12.2. The highest BCUT2D eigenvalue weighted by molar-refractivity contribution is 5.66. The average Bonchev–Trinajstić information content (AvgIpc) is 2.52. The molecule has 0 radical (unpaired) electrons. The minimum Gasteiger partial charge on any atom is -0.497 e. The maximum absolute atomic E-state index is 10.4. The highest BCUT2D eigenvalue weighted by Crippen LogP contribution is 2.23. The van der Waals surface area contributed by atoms with Crippen LogP contribution < -0.4 is 4.74 Å². The number of carboxylic acids is 1. The Bertz CT molecular complexity index is 570. The Labute approximate surface area is 125 Å². The Balaban J connectivity index is 1.93. The molecule has 21 heavy (non-hydrogen) atoms. The number of ether oxygens (including phenoxy) is 1. The van der Waals surface area contributed by atoms with E-state index in [9.17, 15) is 4.79 Å². The molecule has 3 heteroatoms. The molecule has 0 bridgehead atoms. The maximum Gasteiger partial charge on any atom is 0.303 e. The molecule has 0 heterocycles. The maximum atomic E-state index is 10.4. The fourth-order valence-corrected chi connectivity index (χ4v) is 2.25. The molecule has 0 aliphatic rings. The minimum atomic E-state index is -0.718. The van der Waals surface area contributed by atoms with Gasteiger partial charge in [0.2, 0.25) is 0 Å². The number of hydrogen-bond donors (Lipinski definition) is 1. The lowest BCUT2D eigenvalue weighted by Crippen LogP contribution is -1.94. The second-order valence-corrected chi connectivity index (χ2v) is 5.03. The monoisotopic (exact) mass is 284 g/mol. The van der Waals surface area contributed by atoms with E-state index in [0.29, 0.717) is 0 Å². The fraction of sp³-hybridized carbons (Fsp3) is 0.278. The van der Waals surface area contributed by atoms with Crippen LogP contribution in [0.2, 0.25) is 0 Å². The molecule has 0 amide bonds. The predicted molar refractivity (Wildman–Crippen MR) is 83.6 cm³/mol. The topological polar surface area (TPSA) is 46.5 Å². The second-order valence-electron chi connectivity index (χ2n) is 5.03. The molecule has 0 atom stereocenters. The van der Waals surface area contributed by atoms with Crippen molar-refractivity contribution < 1.29 is 14.6 Å². The first kappa shape index (κ1) is 15.1. The fourth-order valence-electron chi connectivity index (χ4n) is 2.25. The van der Waals surface area contributed by atoms with Gasteiger partial charge in [-0.2, -0.15) is 0 Å². The summed E-state index contributed by atoms with van der Waals surface area (Å²) in [6.07, 6.45) is 2.82. The SMILES string of the molecule is COc1ccc(-c2ccc(CCCCC(=O)O)cc2)cc1. The van der Waals surface area contributed by atoms with Crippen LogP contribution in [-0.4, -0.2) is 18.2 Å². The van der Waals surface area contributed by atoms with Crippen LogP contribution in [0.5, 0.6) is 5.75 Å². The van der Waals surface area contributed by atoms with Crippen LogP contribution in [0.4, 0.5) is 0 Å². The van der Waals surface area contributed by atoms with Gasteiger partial charge in [0.1, 0.15) is 5.75 Å². The standard InChI is InChI=1S/C18H20O3/c1-21-17-12-10-16(11-13-17)15-8-6-14(7-9-15)4-2-3-5-18(19)20/h6-13H,2-5H2,1H3,(H,19,20). The quantitative estimate of drug-likeness (QED) is 0.777. The van der Waals surface area contributed by atoms with Crippen molar-refractivity contribution in [1.82, 2.24) is 0 Å². The molecule has 2 aromatic carbocycles. The first-order valence-electron chi connectivity index (χ1n) is 7.14. The molecule has 110 valence electrons. The lowest BCUT2D eigenvalue weighted by molar-refractivity contribution is -0.137. The number of hydrogen-bond acceptors (Lipinski definition) is 2. The van der Waals surface area contributed by atoms with Crippen molar-refractivity contribution in [3.05, 3.63) is 54.1 Å². The summed E-state index contributed by atoms with van der Waals surface area (Å²) in [6, 6.07) is 16.4. The van der Waals surface area contributed by atoms with Gasteiger partial charge in [-0.1, -0.05) is 36.4 Å². The normalized spacial score (nSPS) is 10.3. The largest absolute Gasteiger partial charge is 0.497 e. The van der Waals surface area contributed by atoms with Crippen LogP contribution in [0.1, 0.15) is 24.8 Å². The minimum absolute atomic E-state index is 0.254. The highest BCUT2D eigenvalue weighted by atomic mass is 16.5. The summed E-state index contributed by atoms with van der Waals surface area (Å²) >= 11 is 0. The summed E-state index contributed by atoms with van der Waals surface area (Å²) < 4.78 is 5.15. The van der Waals surface area contributed by atoms with Crippen LogP contribution in [0.3, 0.4) is 0 Å². The average molecular weight is 284 g/mol. The lowest BCUT2D eigenvalue weighted by atomic mass is 10.0. The van der Waals surface area contributed by atoms with Gasteiger partial charge in [-0.15, -0.1) is 0 Å². The molecule has 0 aliphatic heterocycles. The van der Waals surface area contributed by atoms with E-state index in [1.54, 1.807) is 7.11 Å². The number of benzene rings is 2. The highest BCUT2D eigenvalue weighted by Gasteiger charge is 2.00. The van der Waals surface area contributed by atoms with Gasteiger partial charge >= 0.3 is 5.97 Å². The smallest absolute Gasteiger partial charge is 0.303 e. The molecule has 0 aromatic heterocycles. The van der Waals surface area contributed by atoms with Crippen molar-refractivity contribution in [2.75, 3.05) is 7.11 Å². The summed E-state index contributed by atoms with van der Waals surface area (Å²) in [5, 5.41) is 8.60. The first-order valence-corrected chi connectivity index (χ1v) is 7.14. The van der Waals surface area contributed by atoms with E-state index in [1.165, 1.54) is 11.1 Å². The van der Waals surface area contributed by atoms with Crippen LogP contribution in [0.15, 0.2) is 48.5 Å². The second kappa shape index (κ2) is 7.48. The zero-order chi connectivity index (χ0) is 15.1. The number of aliphatic carboxylic acids is 1. The van der Waals surface area contributed by atoms with Crippen LogP contribution >= 0.6 is 0 Å². The molecule has 1 N–H and O–H groups in total. The molecule has 2 rings (SSSR count). The van der Waals surface area contributed by atoms with E-state index in [-0.39, 0.29) is 6.42 Å². The van der Waals surface area contributed by atoms with Gasteiger partial charge in [-0.25, -0.2) is 0 Å². The van der Waals surface area contributed by atoms with Crippen molar-refractivity contribution in [3.8, 4) is 16.9 Å². The molecular weight excluding hydrogens is 264 g/mol. The van der Waals surface area contributed by atoms with Crippen LogP contribution in [-0.2, 0) is 11.2 Å². The molecule has 0 saturated carbocycles. The van der Waals surface area contributed by atoms with Gasteiger partial charge in [-0.05, 0) is 48.1 Å². The lowest BCUT2D eigenvalue weighted by Gasteiger charge is -2.06. The van der Waals surface area contributed by atoms with E-state index in [2.05, 4.69) is 24.3 Å². The third-order valence-electron chi connectivity index (χ3n) is 3.48. The summed E-state index contributed by atoms with van der Waals surface area (Å²) in [7, 11) is 1.66. The Morgan fingerprint density at radius 3 is 2.05 bits per heavy atom. The number of carboxylic acid groups (broad SMARTS) is 1. The summed E-state index contributed by atoms with van der Waals surface area (Å²) in [5.74, 6) is 0.138. The van der Waals surface area contributed by atoms with Crippen molar-refractivity contribution in [3.63, 3.8) is 0 Å². The molecule has 0 aliphatic carbocycles. The molecule has 0 saturated heterocycles. The van der Waals surface area contributed by atoms with Gasteiger partial charge < -0.3 is 9.84 Å². The predicted octanol–water partition coefficient (Wildman–Crippen LogP) is 4.16. The summed E-state index contributed by atoms with van der Waals surface area (Å²) in [4.78, 5) is 10.4. The number of methoxy groups -OCH3 is 1. The van der Waals surface area contributed by atoms with E-state index < -0.39 is 5.97 Å². The molecule has 0 unspecified atom stereocenters. The Morgan fingerprint density at radius 2 is 1.52 bits per heavy atom. The molecule has 0 spiro atoms. The number of aryl methyl sites for hydroxylation is 1. The Kier molecular flexibility index (Phi) is 5.38. The van der Waals surface area contributed by atoms with Gasteiger partial charge in [-0.3, -0.25) is 4.79 Å². The van der Waals surface area contributed by atoms with E-state index in [1.807, 2.05) is 24.3 Å². The van der Waals surface area contributed by atoms with Crippen molar-refractivity contribution >= 4 is 5.97 Å².